The second-order valence-corrected chi connectivity index (χ2v) is 6.60. The first kappa shape index (κ1) is 12.3. The summed E-state index contributed by atoms with van der Waals surface area (Å²) < 4.78 is 22.5. The van der Waals surface area contributed by atoms with E-state index in [1.165, 1.54) is 19.3 Å². The van der Waals surface area contributed by atoms with Gasteiger partial charge in [0.15, 0.2) is 9.84 Å². The van der Waals surface area contributed by atoms with Crippen LogP contribution in [0.4, 0.5) is 0 Å². The molecule has 0 bridgehead atoms. The molecule has 2 rings (SSSR count). The van der Waals surface area contributed by atoms with Gasteiger partial charge in [0, 0.05) is 6.04 Å². The Hall–Kier alpha value is 0.200. The number of hydrogen-bond donors (Lipinski definition) is 0. The summed E-state index contributed by atoms with van der Waals surface area (Å²) in [5.41, 5.74) is 0. The Morgan fingerprint density at radius 3 is 2.14 bits per heavy atom. The topological polar surface area (TPSA) is 37.4 Å². The monoisotopic (exact) mass is 239 g/mol. The number of rotatable bonds is 1. The molecule has 0 amide bonds. The van der Waals surface area contributed by atoms with Crippen LogP contribution in [-0.2, 0) is 9.84 Å². The molecule has 2 atom stereocenters. The smallest absolute Gasteiger partial charge is 0.156 e. The molecule has 2 aliphatic rings. The molecule has 0 aromatic carbocycles. The molecule has 0 aromatic rings. The molecular weight excluding hydrogens is 222 g/mol. The minimum atomic E-state index is -2.70. The molecule has 5 heteroatoms. The molecule has 2 aliphatic heterocycles. The van der Waals surface area contributed by atoms with E-state index in [-0.39, 0.29) is 17.7 Å². The summed E-state index contributed by atoms with van der Waals surface area (Å²) >= 11 is 0. The Kier molecular flexibility index (Phi) is 3.83. The maximum atomic E-state index is 11.2. The van der Waals surface area contributed by atoms with Crippen molar-refractivity contribution in [3.8, 4) is 0 Å². The molecule has 0 aliphatic carbocycles. The van der Waals surface area contributed by atoms with Gasteiger partial charge in [-0.1, -0.05) is 6.42 Å². The maximum absolute atomic E-state index is 11.2. The van der Waals surface area contributed by atoms with E-state index in [1.807, 2.05) is 6.92 Å². The fourth-order valence-corrected chi connectivity index (χ4v) is 3.96. The van der Waals surface area contributed by atoms with Crippen molar-refractivity contribution in [1.82, 2.24) is 4.90 Å². The van der Waals surface area contributed by atoms with E-state index in [0.717, 1.165) is 13.1 Å². The van der Waals surface area contributed by atoms with E-state index in [0.29, 0.717) is 11.8 Å². The van der Waals surface area contributed by atoms with Gasteiger partial charge in [0.2, 0.25) is 0 Å². The highest BCUT2D eigenvalue weighted by Crippen LogP contribution is 2.28. The highest BCUT2D eigenvalue weighted by Gasteiger charge is 2.45. The van der Waals surface area contributed by atoms with Gasteiger partial charge in [-0.3, -0.25) is 4.90 Å². The number of nitrogens with zero attached hydrogens (tertiary/aromatic N) is 1. The summed E-state index contributed by atoms with van der Waals surface area (Å²) in [6.07, 6.45) is 3.79. The van der Waals surface area contributed by atoms with Crippen molar-refractivity contribution in [2.24, 2.45) is 0 Å². The average Bonchev–Trinajstić information content (AvgIpc) is 2.15. The van der Waals surface area contributed by atoms with Crippen LogP contribution in [-0.4, -0.2) is 43.5 Å². The highest BCUT2D eigenvalue weighted by atomic mass is 35.5. The lowest BCUT2D eigenvalue weighted by molar-refractivity contribution is 0.161. The Morgan fingerprint density at radius 2 is 1.71 bits per heavy atom. The molecule has 2 fully saturated rings. The van der Waals surface area contributed by atoms with Gasteiger partial charge in [0.05, 0.1) is 11.0 Å². The zero-order chi connectivity index (χ0) is 9.47. The second-order valence-electron chi connectivity index (χ2n) is 4.20. The minimum Gasteiger partial charge on any atom is -0.298 e. The Morgan fingerprint density at radius 1 is 1.14 bits per heavy atom. The molecule has 84 valence electrons. The number of halogens is 1. The highest BCUT2D eigenvalue weighted by molar-refractivity contribution is 7.93. The fourth-order valence-electron chi connectivity index (χ4n) is 2.29. The quantitative estimate of drug-likeness (QED) is 0.687. The summed E-state index contributed by atoms with van der Waals surface area (Å²) in [7, 11) is -2.70. The lowest BCUT2D eigenvalue weighted by atomic mass is 10.1. The summed E-state index contributed by atoms with van der Waals surface area (Å²) in [5.74, 6) is 0.397. The lowest BCUT2D eigenvalue weighted by Crippen LogP contribution is -2.60. The Balaban J connectivity index is 0.000000980. The predicted octanol–water partition coefficient (Wildman–Crippen LogP) is 1.08. The van der Waals surface area contributed by atoms with Crippen LogP contribution in [0.25, 0.3) is 0 Å². The zero-order valence-electron chi connectivity index (χ0n) is 8.48. The molecule has 14 heavy (non-hydrogen) atoms. The van der Waals surface area contributed by atoms with Crippen LogP contribution in [0.2, 0.25) is 0 Å². The lowest BCUT2D eigenvalue weighted by Gasteiger charge is -2.43. The van der Waals surface area contributed by atoms with Crippen molar-refractivity contribution in [3.05, 3.63) is 0 Å². The largest absolute Gasteiger partial charge is 0.298 e. The van der Waals surface area contributed by atoms with Crippen LogP contribution in [0.15, 0.2) is 0 Å². The number of sulfone groups is 1. The molecule has 0 radical (unpaired) electrons. The van der Waals surface area contributed by atoms with Crippen molar-refractivity contribution in [2.45, 2.75) is 37.5 Å². The standard InChI is InChI=1S/C9H17NO2S.ClH/c1-8-9(7-13(8,11)12)10-5-3-2-4-6-10;/h8-9H,2-7H2,1H3;1H. The fraction of sp³-hybridized carbons (Fsp3) is 1.00. The van der Waals surface area contributed by atoms with Gasteiger partial charge in [-0.05, 0) is 32.9 Å². The molecular formula is C9H18ClNO2S. The first-order valence-corrected chi connectivity index (χ1v) is 6.78. The summed E-state index contributed by atoms with van der Waals surface area (Å²) in [6, 6.07) is 0.324. The van der Waals surface area contributed by atoms with E-state index in [2.05, 4.69) is 4.90 Å². The van der Waals surface area contributed by atoms with Crippen LogP contribution >= 0.6 is 12.4 Å². The van der Waals surface area contributed by atoms with E-state index in [9.17, 15) is 8.42 Å². The van der Waals surface area contributed by atoms with Gasteiger partial charge >= 0.3 is 0 Å². The van der Waals surface area contributed by atoms with Crippen LogP contribution in [0.3, 0.4) is 0 Å². The van der Waals surface area contributed by atoms with Crippen molar-refractivity contribution in [1.29, 1.82) is 0 Å². The van der Waals surface area contributed by atoms with Crippen LogP contribution < -0.4 is 0 Å². The van der Waals surface area contributed by atoms with Crippen LogP contribution in [0, 0.1) is 0 Å². The summed E-state index contributed by atoms with van der Waals surface area (Å²) in [4.78, 5) is 2.36. The third kappa shape index (κ3) is 2.07. The van der Waals surface area contributed by atoms with Crippen molar-refractivity contribution >= 4 is 22.2 Å². The van der Waals surface area contributed by atoms with Gasteiger partial charge in [-0.25, -0.2) is 8.42 Å². The molecule has 2 saturated heterocycles. The molecule has 0 spiro atoms. The minimum absolute atomic E-state index is 0. The molecule has 0 N–H and O–H groups in total. The van der Waals surface area contributed by atoms with E-state index < -0.39 is 9.84 Å². The third-order valence-electron chi connectivity index (χ3n) is 3.37. The maximum Gasteiger partial charge on any atom is 0.156 e. The van der Waals surface area contributed by atoms with Gasteiger partial charge in [0.25, 0.3) is 0 Å². The summed E-state index contributed by atoms with van der Waals surface area (Å²) in [5, 5.41) is -0.120. The van der Waals surface area contributed by atoms with Gasteiger partial charge in [-0.15, -0.1) is 12.4 Å². The Bertz CT molecular complexity index is 285. The molecule has 2 unspecified atom stereocenters. The first-order chi connectivity index (χ1) is 6.11. The van der Waals surface area contributed by atoms with E-state index in [1.54, 1.807) is 0 Å². The number of piperidine rings is 1. The number of likely N-dealkylation sites (tertiary alicyclic amines) is 1. The molecule has 3 nitrogen and oxygen atoms in total. The van der Waals surface area contributed by atoms with Gasteiger partial charge < -0.3 is 0 Å². The Labute approximate surface area is 92.2 Å². The average molecular weight is 240 g/mol. The van der Waals surface area contributed by atoms with Crippen LogP contribution in [0.1, 0.15) is 26.2 Å². The van der Waals surface area contributed by atoms with Crippen LogP contribution in [0.5, 0.6) is 0 Å². The molecule has 0 aromatic heterocycles. The van der Waals surface area contributed by atoms with E-state index in [4.69, 9.17) is 0 Å². The molecule has 0 saturated carbocycles. The SMILES string of the molecule is CC1C(N2CCCCC2)CS1(=O)=O.Cl. The predicted molar refractivity (Wildman–Crippen MR) is 59.7 cm³/mol. The second kappa shape index (κ2) is 4.37. The van der Waals surface area contributed by atoms with Crippen molar-refractivity contribution < 1.29 is 8.42 Å². The van der Waals surface area contributed by atoms with Gasteiger partial charge in [-0.2, -0.15) is 0 Å². The van der Waals surface area contributed by atoms with Gasteiger partial charge in [0.1, 0.15) is 0 Å². The van der Waals surface area contributed by atoms with Crippen molar-refractivity contribution in [2.75, 3.05) is 18.8 Å². The molecule has 2 heterocycles. The first-order valence-electron chi connectivity index (χ1n) is 5.07. The summed E-state index contributed by atoms with van der Waals surface area (Å²) in [6.45, 7) is 4.05. The number of hydrogen-bond acceptors (Lipinski definition) is 3. The zero-order valence-corrected chi connectivity index (χ0v) is 10.1. The van der Waals surface area contributed by atoms with Crippen molar-refractivity contribution in [3.63, 3.8) is 0 Å². The normalized spacial score (nSPS) is 36.9. The van der Waals surface area contributed by atoms with E-state index >= 15 is 0 Å². The third-order valence-corrected chi connectivity index (χ3v) is 5.62.